The van der Waals surface area contributed by atoms with Crippen LogP contribution in [0.1, 0.15) is 24.2 Å². The van der Waals surface area contributed by atoms with Crippen LogP contribution in [0.5, 0.6) is 5.75 Å². The van der Waals surface area contributed by atoms with Gasteiger partial charge >= 0.3 is 6.03 Å². The highest BCUT2D eigenvalue weighted by molar-refractivity contribution is 9.10. The lowest BCUT2D eigenvalue weighted by Gasteiger charge is -2.16. The van der Waals surface area contributed by atoms with E-state index in [-0.39, 0.29) is 5.78 Å². The van der Waals surface area contributed by atoms with E-state index in [0.717, 1.165) is 4.47 Å². The van der Waals surface area contributed by atoms with Gasteiger partial charge in [0.15, 0.2) is 11.9 Å². The number of rotatable bonds is 4. The van der Waals surface area contributed by atoms with Gasteiger partial charge in [0.25, 0.3) is 5.91 Å². The summed E-state index contributed by atoms with van der Waals surface area (Å²) in [5.74, 6) is -0.484. The fraction of sp³-hybridized carbons (Fsp3) is 0.308. The highest BCUT2D eigenvalue weighted by Gasteiger charge is 2.19. The summed E-state index contributed by atoms with van der Waals surface area (Å²) in [5, 5.41) is 4.37. The molecule has 0 spiro atoms. The molecule has 0 bridgehead atoms. The molecule has 0 aliphatic rings. The lowest BCUT2D eigenvalue weighted by atomic mass is 10.1. The molecule has 1 unspecified atom stereocenters. The van der Waals surface area contributed by atoms with E-state index in [1.54, 1.807) is 18.2 Å². The number of halogens is 1. The Labute approximate surface area is 125 Å². The van der Waals surface area contributed by atoms with Gasteiger partial charge in [0.05, 0.1) is 5.56 Å². The Bertz CT molecular complexity index is 545. The molecular formula is C13H15BrN2O4. The van der Waals surface area contributed by atoms with Gasteiger partial charge in [0.1, 0.15) is 5.75 Å². The molecule has 1 rings (SSSR count). The first-order chi connectivity index (χ1) is 9.35. The average Bonchev–Trinajstić information content (AvgIpc) is 2.40. The minimum absolute atomic E-state index is 0.180. The van der Waals surface area contributed by atoms with Gasteiger partial charge in [0, 0.05) is 11.5 Å². The number of ketones is 1. The van der Waals surface area contributed by atoms with Crippen molar-refractivity contribution >= 4 is 33.7 Å². The topological polar surface area (TPSA) is 84.5 Å². The quantitative estimate of drug-likeness (QED) is 0.818. The third-order valence-electron chi connectivity index (χ3n) is 2.46. The highest BCUT2D eigenvalue weighted by Crippen LogP contribution is 2.24. The molecule has 0 saturated heterocycles. The van der Waals surface area contributed by atoms with Crippen molar-refractivity contribution in [3.8, 4) is 5.75 Å². The van der Waals surface area contributed by atoms with E-state index in [2.05, 4.69) is 26.6 Å². The molecule has 0 fully saturated rings. The zero-order valence-electron chi connectivity index (χ0n) is 11.3. The van der Waals surface area contributed by atoms with Gasteiger partial charge < -0.3 is 10.1 Å². The Balaban J connectivity index is 2.85. The van der Waals surface area contributed by atoms with Crippen LogP contribution in [0, 0.1) is 0 Å². The third-order valence-corrected chi connectivity index (χ3v) is 2.95. The molecule has 3 amide bonds. The summed E-state index contributed by atoms with van der Waals surface area (Å²) in [6, 6.07) is 4.28. The lowest BCUT2D eigenvalue weighted by molar-refractivity contribution is -0.126. The van der Waals surface area contributed by atoms with Crippen LogP contribution in [-0.2, 0) is 4.79 Å². The van der Waals surface area contributed by atoms with Crippen LogP contribution < -0.4 is 15.4 Å². The largest absolute Gasteiger partial charge is 0.480 e. The second-order valence-electron chi connectivity index (χ2n) is 4.03. The summed E-state index contributed by atoms with van der Waals surface area (Å²) in [6.07, 6.45) is -0.911. The van der Waals surface area contributed by atoms with E-state index in [1.807, 2.05) is 0 Å². The van der Waals surface area contributed by atoms with Gasteiger partial charge in [-0.1, -0.05) is 15.9 Å². The van der Waals surface area contributed by atoms with Crippen LogP contribution >= 0.6 is 15.9 Å². The van der Waals surface area contributed by atoms with Crippen molar-refractivity contribution in [2.24, 2.45) is 0 Å². The molecule has 108 valence electrons. The number of ether oxygens (including phenoxy) is 1. The highest BCUT2D eigenvalue weighted by atomic mass is 79.9. The number of imide groups is 1. The molecule has 1 atom stereocenters. The zero-order valence-corrected chi connectivity index (χ0v) is 12.9. The summed E-state index contributed by atoms with van der Waals surface area (Å²) in [4.78, 5) is 34.2. The number of hydrogen-bond acceptors (Lipinski definition) is 4. The number of benzene rings is 1. The van der Waals surface area contributed by atoms with Gasteiger partial charge in [-0.3, -0.25) is 14.9 Å². The van der Waals surface area contributed by atoms with Crippen LogP contribution in [0.2, 0.25) is 0 Å². The van der Waals surface area contributed by atoms with Gasteiger partial charge in [-0.2, -0.15) is 0 Å². The molecular weight excluding hydrogens is 328 g/mol. The molecule has 7 heteroatoms. The van der Waals surface area contributed by atoms with Crippen molar-refractivity contribution in [3.05, 3.63) is 28.2 Å². The standard InChI is InChI=1S/C13H15BrN2O4/c1-7(17)10-6-9(14)4-5-11(10)20-8(2)12(18)16-13(19)15-3/h4-6,8H,1-3H3,(H2,15,16,18,19). The van der Waals surface area contributed by atoms with Crippen molar-refractivity contribution in [2.75, 3.05) is 7.05 Å². The minimum atomic E-state index is -0.911. The van der Waals surface area contributed by atoms with E-state index in [9.17, 15) is 14.4 Å². The number of carbonyl (C=O) groups excluding carboxylic acids is 3. The van der Waals surface area contributed by atoms with E-state index in [4.69, 9.17) is 4.74 Å². The molecule has 20 heavy (non-hydrogen) atoms. The molecule has 6 nitrogen and oxygen atoms in total. The Morgan fingerprint density at radius 2 is 1.95 bits per heavy atom. The number of hydrogen-bond donors (Lipinski definition) is 2. The molecule has 0 saturated carbocycles. The fourth-order valence-electron chi connectivity index (χ4n) is 1.40. The van der Waals surface area contributed by atoms with E-state index >= 15 is 0 Å². The molecule has 0 aromatic heterocycles. The van der Waals surface area contributed by atoms with Gasteiger partial charge in [-0.05, 0) is 32.0 Å². The average molecular weight is 343 g/mol. The first-order valence-corrected chi connectivity index (χ1v) is 6.64. The van der Waals surface area contributed by atoms with Crippen molar-refractivity contribution in [1.29, 1.82) is 0 Å². The first kappa shape index (κ1) is 16.2. The number of amides is 3. The summed E-state index contributed by atoms with van der Waals surface area (Å²) < 4.78 is 6.17. The van der Waals surface area contributed by atoms with E-state index in [0.29, 0.717) is 11.3 Å². The SMILES string of the molecule is CNC(=O)NC(=O)C(C)Oc1ccc(Br)cc1C(C)=O. The number of carbonyl (C=O) groups is 3. The molecule has 1 aromatic carbocycles. The molecule has 1 aromatic rings. The number of Topliss-reactive ketones (excluding diaryl/α,β-unsaturated/α-hetero) is 1. The molecule has 0 radical (unpaired) electrons. The minimum Gasteiger partial charge on any atom is -0.480 e. The number of nitrogens with one attached hydrogen (secondary N) is 2. The Hall–Kier alpha value is -1.89. The van der Waals surface area contributed by atoms with Crippen molar-refractivity contribution < 1.29 is 19.1 Å². The van der Waals surface area contributed by atoms with E-state index in [1.165, 1.54) is 20.9 Å². The van der Waals surface area contributed by atoms with Gasteiger partial charge in [-0.15, -0.1) is 0 Å². The maximum atomic E-state index is 11.7. The molecule has 0 aliphatic carbocycles. The maximum absolute atomic E-state index is 11.7. The summed E-state index contributed by atoms with van der Waals surface area (Å²) >= 11 is 3.26. The van der Waals surface area contributed by atoms with Gasteiger partial charge in [-0.25, -0.2) is 4.79 Å². The fourth-order valence-corrected chi connectivity index (χ4v) is 1.76. The normalized spacial score (nSPS) is 11.4. The predicted molar refractivity (Wildman–Crippen MR) is 76.8 cm³/mol. The lowest BCUT2D eigenvalue weighted by Crippen LogP contribution is -2.44. The molecule has 2 N–H and O–H groups in total. The molecule has 0 heterocycles. The van der Waals surface area contributed by atoms with Crippen LogP contribution in [0.15, 0.2) is 22.7 Å². The smallest absolute Gasteiger partial charge is 0.321 e. The van der Waals surface area contributed by atoms with Crippen molar-refractivity contribution in [2.45, 2.75) is 20.0 Å². The van der Waals surface area contributed by atoms with Crippen LogP contribution in [0.25, 0.3) is 0 Å². The first-order valence-electron chi connectivity index (χ1n) is 5.85. The van der Waals surface area contributed by atoms with Crippen molar-refractivity contribution in [3.63, 3.8) is 0 Å². The maximum Gasteiger partial charge on any atom is 0.321 e. The Kier molecular flexibility index (Phi) is 5.69. The van der Waals surface area contributed by atoms with E-state index < -0.39 is 18.0 Å². The van der Waals surface area contributed by atoms with Crippen LogP contribution in [0.3, 0.4) is 0 Å². The zero-order chi connectivity index (χ0) is 15.3. The monoisotopic (exact) mass is 342 g/mol. The summed E-state index contributed by atoms with van der Waals surface area (Å²) in [6.45, 7) is 2.90. The van der Waals surface area contributed by atoms with Gasteiger partial charge in [0.2, 0.25) is 0 Å². The van der Waals surface area contributed by atoms with Crippen LogP contribution in [-0.4, -0.2) is 30.9 Å². The third kappa shape index (κ3) is 4.34. The molecule has 0 aliphatic heterocycles. The van der Waals surface area contributed by atoms with Crippen molar-refractivity contribution in [1.82, 2.24) is 10.6 Å². The van der Waals surface area contributed by atoms with Crippen LogP contribution in [0.4, 0.5) is 4.79 Å². The second kappa shape index (κ2) is 7.04. The second-order valence-corrected chi connectivity index (χ2v) is 4.94. The Morgan fingerprint density at radius 1 is 1.30 bits per heavy atom. The number of urea groups is 1. The summed E-state index contributed by atoms with van der Waals surface area (Å²) in [5.41, 5.74) is 0.360. The predicted octanol–water partition coefficient (Wildman–Crippen LogP) is 1.87. The summed E-state index contributed by atoms with van der Waals surface area (Å²) in [7, 11) is 1.40. The Morgan fingerprint density at radius 3 is 2.50 bits per heavy atom.